The number of rotatable bonds is 6. The van der Waals surface area contributed by atoms with Crippen LogP contribution >= 0.6 is 0 Å². The van der Waals surface area contributed by atoms with Gasteiger partial charge in [0.1, 0.15) is 5.75 Å². The molecule has 1 aromatic rings. The van der Waals surface area contributed by atoms with Crippen LogP contribution in [0.3, 0.4) is 0 Å². The molecule has 1 aromatic carbocycles. The Balaban J connectivity index is 2.56. The summed E-state index contributed by atoms with van der Waals surface area (Å²) >= 11 is 0. The van der Waals surface area contributed by atoms with Crippen molar-refractivity contribution < 1.29 is 4.74 Å². The summed E-state index contributed by atoms with van der Waals surface area (Å²) in [5, 5.41) is 0. The fourth-order valence-corrected chi connectivity index (χ4v) is 1.66. The van der Waals surface area contributed by atoms with E-state index in [1.807, 2.05) is 26.0 Å². The summed E-state index contributed by atoms with van der Waals surface area (Å²) in [4.78, 5) is 0. The summed E-state index contributed by atoms with van der Waals surface area (Å²) in [5.41, 5.74) is 7.29. The highest BCUT2D eigenvalue weighted by molar-refractivity contribution is 5.29. The van der Waals surface area contributed by atoms with E-state index in [-0.39, 0.29) is 12.1 Å². The Morgan fingerprint density at radius 2 is 1.81 bits per heavy atom. The van der Waals surface area contributed by atoms with E-state index >= 15 is 0 Å². The molecule has 1 rings (SSSR count). The fourth-order valence-electron chi connectivity index (χ4n) is 1.66. The maximum atomic E-state index is 6.09. The Morgan fingerprint density at radius 1 is 1.19 bits per heavy atom. The Morgan fingerprint density at radius 3 is 2.31 bits per heavy atom. The summed E-state index contributed by atoms with van der Waals surface area (Å²) in [6.07, 6.45) is 3.66. The average molecular weight is 221 g/mol. The Hall–Kier alpha value is -1.02. The molecule has 0 fully saturated rings. The van der Waals surface area contributed by atoms with E-state index in [1.165, 1.54) is 18.4 Å². The van der Waals surface area contributed by atoms with Gasteiger partial charge in [-0.05, 0) is 38.0 Å². The minimum Gasteiger partial charge on any atom is -0.491 e. The number of hydrogen-bond acceptors (Lipinski definition) is 2. The first-order valence-corrected chi connectivity index (χ1v) is 6.15. The zero-order valence-corrected chi connectivity index (χ0v) is 10.6. The normalized spacial score (nSPS) is 12.8. The van der Waals surface area contributed by atoms with E-state index in [2.05, 4.69) is 19.1 Å². The third kappa shape index (κ3) is 4.23. The quantitative estimate of drug-likeness (QED) is 0.795. The first-order valence-electron chi connectivity index (χ1n) is 6.15. The first kappa shape index (κ1) is 13.0. The Labute approximate surface area is 98.8 Å². The molecule has 0 aliphatic heterocycles. The van der Waals surface area contributed by atoms with Crippen molar-refractivity contribution in [3.8, 4) is 5.75 Å². The van der Waals surface area contributed by atoms with Crippen LogP contribution in [-0.2, 0) is 0 Å². The van der Waals surface area contributed by atoms with Crippen LogP contribution in [-0.4, -0.2) is 6.10 Å². The van der Waals surface area contributed by atoms with Gasteiger partial charge in [-0.2, -0.15) is 0 Å². The van der Waals surface area contributed by atoms with E-state index in [9.17, 15) is 0 Å². The summed E-state index contributed by atoms with van der Waals surface area (Å²) in [6, 6.07) is 8.30. The highest BCUT2D eigenvalue weighted by Crippen LogP contribution is 2.20. The molecular formula is C14H23NO. The highest BCUT2D eigenvalue weighted by Gasteiger charge is 2.05. The van der Waals surface area contributed by atoms with Crippen LogP contribution < -0.4 is 10.5 Å². The van der Waals surface area contributed by atoms with Crippen molar-refractivity contribution in [2.75, 3.05) is 0 Å². The maximum Gasteiger partial charge on any atom is 0.119 e. The molecular weight excluding hydrogens is 198 g/mol. The molecule has 0 heterocycles. The van der Waals surface area contributed by atoms with E-state index in [1.54, 1.807) is 0 Å². The Bertz CT molecular complexity index is 292. The molecule has 0 amide bonds. The lowest BCUT2D eigenvalue weighted by Gasteiger charge is -2.13. The third-order valence-electron chi connectivity index (χ3n) is 2.55. The van der Waals surface area contributed by atoms with E-state index in [0.717, 1.165) is 12.2 Å². The minimum absolute atomic E-state index is 0.160. The smallest absolute Gasteiger partial charge is 0.119 e. The van der Waals surface area contributed by atoms with Crippen LogP contribution in [0.1, 0.15) is 51.6 Å². The molecule has 16 heavy (non-hydrogen) atoms. The predicted molar refractivity (Wildman–Crippen MR) is 68.7 cm³/mol. The van der Waals surface area contributed by atoms with Crippen molar-refractivity contribution in [1.29, 1.82) is 0 Å². The van der Waals surface area contributed by atoms with E-state index < -0.39 is 0 Å². The van der Waals surface area contributed by atoms with Crippen molar-refractivity contribution in [3.63, 3.8) is 0 Å². The maximum absolute atomic E-state index is 6.09. The molecule has 0 saturated carbocycles. The highest BCUT2D eigenvalue weighted by atomic mass is 16.5. The van der Waals surface area contributed by atoms with Crippen molar-refractivity contribution >= 4 is 0 Å². The minimum atomic E-state index is 0.160. The van der Waals surface area contributed by atoms with Crippen LogP contribution in [0.5, 0.6) is 5.75 Å². The second-order valence-corrected chi connectivity index (χ2v) is 4.48. The molecule has 0 spiro atoms. The molecule has 0 aliphatic rings. The topological polar surface area (TPSA) is 35.2 Å². The zero-order valence-electron chi connectivity index (χ0n) is 10.6. The molecule has 0 bridgehead atoms. The average Bonchev–Trinajstić information content (AvgIpc) is 2.26. The van der Waals surface area contributed by atoms with Crippen molar-refractivity contribution in [2.24, 2.45) is 5.73 Å². The molecule has 2 heteroatoms. The molecule has 1 atom stereocenters. The summed E-state index contributed by atoms with van der Waals surface area (Å²) in [6.45, 7) is 6.24. The number of benzene rings is 1. The number of nitrogens with two attached hydrogens (primary N) is 1. The number of unbranched alkanes of at least 4 members (excludes halogenated alkanes) is 1. The molecule has 90 valence electrons. The van der Waals surface area contributed by atoms with Gasteiger partial charge in [-0.15, -0.1) is 0 Å². The monoisotopic (exact) mass is 221 g/mol. The van der Waals surface area contributed by atoms with Crippen LogP contribution in [0.2, 0.25) is 0 Å². The predicted octanol–water partition coefficient (Wildman–Crippen LogP) is 3.66. The second-order valence-electron chi connectivity index (χ2n) is 4.48. The first-order chi connectivity index (χ1) is 7.63. The van der Waals surface area contributed by atoms with E-state index in [4.69, 9.17) is 10.5 Å². The van der Waals surface area contributed by atoms with Gasteiger partial charge < -0.3 is 10.5 Å². The van der Waals surface area contributed by atoms with Gasteiger partial charge >= 0.3 is 0 Å². The lowest BCUT2D eigenvalue weighted by molar-refractivity contribution is 0.242. The zero-order chi connectivity index (χ0) is 12.0. The van der Waals surface area contributed by atoms with Crippen molar-refractivity contribution in [3.05, 3.63) is 29.8 Å². The van der Waals surface area contributed by atoms with Gasteiger partial charge in [-0.1, -0.05) is 31.9 Å². The van der Waals surface area contributed by atoms with Gasteiger partial charge in [0.25, 0.3) is 0 Å². The van der Waals surface area contributed by atoms with Gasteiger partial charge in [-0.25, -0.2) is 0 Å². The van der Waals surface area contributed by atoms with Crippen molar-refractivity contribution in [1.82, 2.24) is 0 Å². The summed E-state index contributed by atoms with van der Waals surface area (Å²) < 4.78 is 5.59. The molecule has 0 radical (unpaired) electrons. The molecule has 0 unspecified atom stereocenters. The lowest BCUT2D eigenvalue weighted by atomic mass is 10.0. The SMILES string of the molecule is CCCC[C@H](N)c1ccc(OC(C)C)cc1. The largest absolute Gasteiger partial charge is 0.491 e. The van der Waals surface area contributed by atoms with Crippen molar-refractivity contribution in [2.45, 2.75) is 52.2 Å². The van der Waals surface area contributed by atoms with Gasteiger partial charge in [0.2, 0.25) is 0 Å². The van der Waals surface area contributed by atoms with Gasteiger partial charge in [0.05, 0.1) is 6.10 Å². The van der Waals surface area contributed by atoms with Gasteiger partial charge in [-0.3, -0.25) is 0 Å². The molecule has 0 aliphatic carbocycles. The fraction of sp³-hybridized carbons (Fsp3) is 0.571. The summed E-state index contributed by atoms with van der Waals surface area (Å²) in [7, 11) is 0. The van der Waals surface area contributed by atoms with E-state index in [0.29, 0.717) is 0 Å². The molecule has 0 saturated heterocycles. The molecule has 2 N–H and O–H groups in total. The second kappa shape index (κ2) is 6.54. The van der Waals surface area contributed by atoms with Crippen LogP contribution in [0, 0.1) is 0 Å². The molecule has 2 nitrogen and oxygen atoms in total. The van der Waals surface area contributed by atoms with Crippen LogP contribution in [0.25, 0.3) is 0 Å². The standard InChI is InChI=1S/C14H23NO/c1-4-5-6-14(15)12-7-9-13(10-8-12)16-11(2)3/h7-11,14H,4-6,15H2,1-3H3/t14-/m0/s1. The van der Waals surface area contributed by atoms with Crippen LogP contribution in [0.4, 0.5) is 0 Å². The summed E-state index contributed by atoms with van der Waals surface area (Å²) in [5.74, 6) is 0.918. The van der Waals surface area contributed by atoms with Gasteiger partial charge in [0, 0.05) is 6.04 Å². The number of hydrogen-bond donors (Lipinski definition) is 1. The lowest BCUT2D eigenvalue weighted by Crippen LogP contribution is -2.10. The van der Waals surface area contributed by atoms with Crippen LogP contribution in [0.15, 0.2) is 24.3 Å². The number of ether oxygens (including phenoxy) is 1. The molecule has 0 aromatic heterocycles. The third-order valence-corrected chi connectivity index (χ3v) is 2.55. The van der Waals surface area contributed by atoms with Gasteiger partial charge in [0.15, 0.2) is 0 Å². The Kier molecular flexibility index (Phi) is 5.33.